The molecule has 1 fully saturated rings. The maximum absolute atomic E-state index is 12.2. The summed E-state index contributed by atoms with van der Waals surface area (Å²) in [6.07, 6.45) is 1.48. The lowest BCUT2D eigenvalue weighted by atomic mass is 10.0. The van der Waals surface area contributed by atoms with Crippen LogP contribution in [0.15, 0.2) is 4.99 Å². The summed E-state index contributed by atoms with van der Waals surface area (Å²) in [6.45, 7) is 5.56. The maximum Gasteiger partial charge on any atom is 0.401 e. The second-order valence-corrected chi connectivity index (χ2v) is 6.87. The Morgan fingerprint density at radius 3 is 2.48 bits per heavy atom. The Labute approximate surface area is 150 Å². The molecule has 0 bridgehead atoms. The van der Waals surface area contributed by atoms with Crippen molar-refractivity contribution in [3.63, 3.8) is 0 Å². The molecule has 0 saturated carbocycles. The van der Waals surface area contributed by atoms with Gasteiger partial charge in [0.2, 0.25) is 0 Å². The quantitative estimate of drug-likeness (QED) is 0.374. The summed E-state index contributed by atoms with van der Waals surface area (Å²) in [5.74, 6) is 0.713. The summed E-state index contributed by atoms with van der Waals surface area (Å²) in [6, 6.07) is 0.680. The monoisotopic (exact) mass is 365 g/mol. The average Bonchev–Trinajstić information content (AvgIpc) is 2.53. The number of aliphatic imine (C=N–C) groups is 1. The number of hydrogen-bond acceptors (Lipinski definition) is 3. The van der Waals surface area contributed by atoms with E-state index in [2.05, 4.69) is 27.4 Å². The SMILES string of the molecule is CN=C(NCCCN(C)CC(F)(F)F)NCCCN1CCCCC1C. The van der Waals surface area contributed by atoms with Crippen molar-refractivity contribution in [1.82, 2.24) is 20.4 Å². The summed E-state index contributed by atoms with van der Waals surface area (Å²) in [4.78, 5) is 7.98. The first-order valence-electron chi connectivity index (χ1n) is 9.25. The Hall–Kier alpha value is -1.02. The topological polar surface area (TPSA) is 42.9 Å². The molecule has 1 saturated heterocycles. The molecule has 1 unspecified atom stereocenters. The van der Waals surface area contributed by atoms with Gasteiger partial charge in [-0.25, -0.2) is 0 Å². The standard InChI is InChI=1S/C17H34F3N5/c1-15-8-4-5-12-25(15)13-7-10-23-16(21-2)22-9-6-11-24(3)14-17(18,19)20/h15H,4-14H2,1-3H3,(H2,21,22,23). The highest BCUT2D eigenvalue weighted by atomic mass is 19.4. The highest BCUT2D eigenvalue weighted by Gasteiger charge is 2.28. The van der Waals surface area contributed by atoms with Crippen molar-refractivity contribution in [2.45, 2.75) is 51.2 Å². The average molecular weight is 365 g/mol. The minimum Gasteiger partial charge on any atom is -0.356 e. The molecule has 1 heterocycles. The summed E-state index contributed by atoms with van der Waals surface area (Å²) in [5, 5.41) is 6.42. The summed E-state index contributed by atoms with van der Waals surface area (Å²) < 4.78 is 36.7. The normalized spacial score (nSPS) is 20.1. The van der Waals surface area contributed by atoms with Crippen LogP contribution in [-0.4, -0.2) is 81.3 Å². The first-order chi connectivity index (χ1) is 11.8. The summed E-state index contributed by atoms with van der Waals surface area (Å²) in [5.41, 5.74) is 0. The van der Waals surface area contributed by atoms with Crippen LogP contribution in [0.1, 0.15) is 39.0 Å². The van der Waals surface area contributed by atoms with Gasteiger partial charge in [-0.1, -0.05) is 6.42 Å². The molecule has 0 aromatic carbocycles. The number of nitrogens with zero attached hydrogens (tertiary/aromatic N) is 3. The Bertz CT molecular complexity index is 387. The van der Waals surface area contributed by atoms with Gasteiger partial charge < -0.3 is 15.5 Å². The number of guanidine groups is 1. The molecule has 1 rings (SSSR count). The Morgan fingerprint density at radius 2 is 1.88 bits per heavy atom. The molecule has 25 heavy (non-hydrogen) atoms. The van der Waals surface area contributed by atoms with Gasteiger partial charge in [0.15, 0.2) is 5.96 Å². The predicted molar refractivity (Wildman–Crippen MR) is 97.0 cm³/mol. The van der Waals surface area contributed by atoms with Crippen LogP contribution in [0.3, 0.4) is 0 Å². The van der Waals surface area contributed by atoms with Crippen LogP contribution in [0.5, 0.6) is 0 Å². The number of likely N-dealkylation sites (tertiary alicyclic amines) is 1. The van der Waals surface area contributed by atoms with Gasteiger partial charge in [-0.2, -0.15) is 13.2 Å². The van der Waals surface area contributed by atoms with E-state index in [1.54, 1.807) is 7.05 Å². The largest absolute Gasteiger partial charge is 0.401 e. The lowest BCUT2D eigenvalue weighted by molar-refractivity contribution is -0.143. The van der Waals surface area contributed by atoms with Crippen molar-refractivity contribution < 1.29 is 13.2 Å². The van der Waals surface area contributed by atoms with E-state index < -0.39 is 12.7 Å². The molecule has 0 spiro atoms. The first kappa shape index (κ1) is 22.0. The second-order valence-electron chi connectivity index (χ2n) is 6.87. The van der Waals surface area contributed by atoms with Crippen molar-refractivity contribution in [3.05, 3.63) is 0 Å². The van der Waals surface area contributed by atoms with E-state index in [4.69, 9.17) is 0 Å². The number of rotatable bonds is 9. The molecular formula is C17H34F3N5. The molecule has 2 N–H and O–H groups in total. The van der Waals surface area contributed by atoms with Gasteiger partial charge in [0, 0.05) is 32.7 Å². The van der Waals surface area contributed by atoms with Crippen LogP contribution < -0.4 is 10.6 Å². The highest BCUT2D eigenvalue weighted by molar-refractivity contribution is 5.79. The van der Waals surface area contributed by atoms with Gasteiger partial charge >= 0.3 is 6.18 Å². The zero-order valence-electron chi connectivity index (χ0n) is 15.8. The van der Waals surface area contributed by atoms with Crippen LogP contribution in [0.25, 0.3) is 0 Å². The van der Waals surface area contributed by atoms with E-state index in [1.807, 2.05) is 0 Å². The molecule has 1 atom stereocenters. The van der Waals surface area contributed by atoms with E-state index in [0.29, 0.717) is 31.5 Å². The van der Waals surface area contributed by atoms with Crippen molar-refractivity contribution >= 4 is 5.96 Å². The van der Waals surface area contributed by atoms with Gasteiger partial charge in [-0.05, 0) is 52.7 Å². The Morgan fingerprint density at radius 1 is 1.20 bits per heavy atom. The fraction of sp³-hybridized carbons (Fsp3) is 0.941. The van der Waals surface area contributed by atoms with E-state index in [0.717, 1.165) is 19.5 Å². The molecule has 1 aliphatic heterocycles. The van der Waals surface area contributed by atoms with Crippen molar-refractivity contribution in [1.29, 1.82) is 0 Å². The lowest BCUT2D eigenvalue weighted by Gasteiger charge is -2.33. The van der Waals surface area contributed by atoms with Gasteiger partial charge in [0.25, 0.3) is 0 Å². The number of nitrogens with one attached hydrogen (secondary N) is 2. The molecule has 0 aliphatic carbocycles. The third kappa shape index (κ3) is 10.5. The lowest BCUT2D eigenvalue weighted by Crippen LogP contribution is -2.42. The van der Waals surface area contributed by atoms with Gasteiger partial charge in [0.1, 0.15) is 0 Å². The predicted octanol–water partition coefficient (Wildman–Crippen LogP) is 2.30. The zero-order valence-corrected chi connectivity index (χ0v) is 15.8. The third-order valence-corrected chi connectivity index (χ3v) is 4.54. The number of piperidine rings is 1. The van der Waals surface area contributed by atoms with Crippen LogP contribution in [0, 0.1) is 0 Å². The van der Waals surface area contributed by atoms with E-state index in [9.17, 15) is 13.2 Å². The van der Waals surface area contributed by atoms with Gasteiger partial charge in [0.05, 0.1) is 6.54 Å². The molecule has 0 aromatic rings. The molecule has 0 aromatic heterocycles. The van der Waals surface area contributed by atoms with E-state index in [1.165, 1.54) is 37.8 Å². The first-order valence-corrected chi connectivity index (χ1v) is 9.25. The summed E-state index contributed by atoms with van der Waals surface area (Å²) >= 11 is 0. The summed E-state index contributed by atoms with van der Waals surface area (Å²) in [7, 11) is 3.19. The number of halogens is 3. The molecule has 1 aliphatic rings. The number of alkyl halides is 3. The van der Waals surface area contributed by atoms with Crippen LogP contribution in [0.4, 0.5) is 13.2 Å². The second kappa shape index (κ2) is 11.6. The Balaban J connectivity index is 2.08. The molecule has 8 heteroatoms. The van der Waals surface area contributed by atoms with Crippen molar-refractivity contribution in [2.75, 3.05) is 53.4 Å². The number of hydrogen-bond donors (Lipinski definition) is 2. The molecule has 0 amide bonds. The van der Waals surface area contributed by atoms with E-state index in [-0.39, 0.29) is 0 Å². The molecule has 5 nitrogen and oxygen atoms in total. The molecule has 148 valence electrons. The van der Waals surface area contributed by atoms with Crippen LogP contribution in [0.2, 0.25) is 0 Å². The van der Waals surface area contributed by atoms with Crippen molar-refractivity contribution in [2.24, 2.45) is 4.99 Å². The smallest absolute Gasteiger partial charge is 0.356 e. The van der Waals surface area contributed by atoms with Gasteiger partial charge in [-0.15, -0.1) is 0 Å². The Kier molecular flexibility index (Phi) is 10.2. The fourth-order valence-electron chi connectivity index (χ4n) is 3.14. The zero-order chi connectivity index (χ0) is 18.7. The fourth-order valence-corrected chi connectivity index (χ4v) is 3.14. The van der Waals surface area contributed by atoms with Gasteiger partial charge in [-0.3, -0.25) is 9.89 Å². The van der Waals surface area contributed by atoms with Crippen LogP contribution in [-0.2, 0) is 0 Å². The van der Waals surface area contributed by atoms with Crippen molar-refractivity contribution in [3.8, 4) is 0 Å². The minimum atomic E-state index is -4.13. The van der Waals surface area contributed by atoms with E-state index >= 15 is 0 Å². The highest BCUT2D eigenvalue weighted by Crippen LogP contribution is 2.16. The minimum absolute atomic E-state index is 0.399. The maximum atomic E-state index is 12.2. The molecule has 0 radical (unpaired) electrons. The third-order valence-electron chi connectivity index (χ3n) is 4.54. The molecular weight excluding hydrogens is 331 g/mol. The van der Waals surface area contributed by atoms with Crippen LogP contribution >= 0.6 is 0 Å².